The first-order valence-electron chi connectivity index (χ1n) is 11.2. The van der Waals surface area contributed by atoms with E-state index in [1.54, 1.807) is 24.2 Å². The van der Waals surface area contributed by atoms with Gasteiger partial charge in [0.2, 0.25) is 5.95 Å². The highest BCUT2D eigenvalue weighted by Crippen LogP contribution is 2.30. The Morgan fingerprint density at radius 3 is 2.88 bits per heavy atom. The van der Waals surface area contributed by atoms with E-state index in [0.717, 1.165) is 70.6 Å². The molecule has 0 radical (unpaired) electrons. The van der Waals surface area contributed by atoms with Gasteiger partial charge in [-0.25, -0.2) is 4.98 Å². The zero-order valence-corrected chi connectivity index (χ0v) is 19.7. The molecule has 0 aromatic carbocycles. The Kier molecular flexibility index (Phi) is 7.36. The molecule has 0 spiro atoms. The molecule has 0 unspecified atom stereocenters. The van der Waals surface area contributed by atoms with E-state index in [9.17, 15) is 5.11 Å². The Balaban J connectivity index is 1.64. The molecule has 2 aliphatic rings. The number of aliphatic imine (C=N–C) groups is 2. The molecular formula is C23H31N7OS. The van der Waals surface area contributed by atoms with E-state index in [-0.39, 0.29) is 12.6 Å². The molecule has 0 amide bonds. The number of nitrogens with zero attached hydrogens (tertiary/aromatic N) is 5. The summed E-state index contributed by atoms with van der Waals surface area (Å²) in [4.78, 5) is 23.1. The van der Waals surface area contributed by atoms with Crippen molar-refractivity contribution in [3.05, 3.63) is 35.3 Å². The van der Waals surface area contributed by atoms with Crippen molar-refractivity contribution < 1.29 is 5.11 Å². The van der Waals surface area contributed by atoms with Crippen molar-refractivity contribution in [3.63, 3.8) is 0 Å². The van der Waals surface area contributed by atoms with Crippen LogP contribution in [0.5, 0.6) is 0 Å². The Hall–Kier alpha value is -2.52. The van der Waals surface area contributed by atoms with Crippen LogP contribution in [0.4, 0.5) is 17.5 Å². The van der Waals surface area contributed by atoms with Crippen molar-refractivity contribution >= 4 is 40.0 Å². The number of nitrogens with one attached hydrogen (secondary N) is 2. The van der Waals surface area contributed by atoms with Crippen LogP contribution in [0, 0.1) is 19.8 Å². The lowest BCUT2D eigenvalue weighted by molar-refractivity contribution is 0.229. The topological polar surface area (TPSA) is 108 Å². The van der Waals surface area contributed by atoms with Gasteiger partial charge in [-0.1, -0.05) is 0 Å². The lowest BCUT2D eigenvalue weighted by atomic mass is 10.1. The van der Waals surface area contributed by atoms with Gasteiger partial charge in [0, 0.05) is 31.1 Å². The smallest absolute Gasteiger partial charge is 0.225 e. The van der Waals surface area contributed by atoms with E-state index in [1.807, 2.05) is 26.8 Å². The van der Waals surface area contributed by atoms with Gasteiger partial charge in [0.25, 0.3) is 0 Å². The van der Waals surface area contributed by atoms with E-state index in [4.69, 9.17) is 15.0 Å². The van der Waals surface area contributed by atoms with Crippen molar-refractivity contribution in [1.82, 2.24) is 15.0 Å². The molecule has 0 bridgehead atoms. The van der Waals surface area contributed by atoms with Gasteiger partial charge in [-0.3, -0.25) is 15.0 Å². The van der Waals surface area contributed by atoms with Gasteiger partial charge in [-0.15, -0.1) is 11.8 Å². The van der Waals surface area contributed by atoms with Gasteiger partial charge in [-0.05, 0) is 57.6 Å². The Morgan fingerprint density at radius 1 is 1.28 bits per heavy atom. The summed E-state index contributed by atoms with van der Waals surface area (Å²) in [5, 5.41) is 17.6. The summed E-state index contributed by atoms with van der Waals surface area (Å²) in [7, 11) is 0. The number of aliphatic hydroxyl groups is 1. The standard InChI is InChI=1S/C23H31N7OS/c1-14-6-7-24-11-19(14)27-15(2)21-16(3)28-23(26-12-20-25-8-9-32-20)30-22(21)29-18-5-4-17(10-18)13-31/h6-7,11,17-18,31H,4-5,8-10,12-13H2,1-3H3,(H2,26,28,29,30)/b27-15+/t17-,18+/m1/s1. The summed E-state index contributed by atoms with van der Waals surface area (Å²) in [6, 6.07) is 2.23. The fraction of sp³-hybridized carbons (Fsp3) is 0.522. The van der Waals surface area contributed by atoms with Crippen LogP contribution in [-0.4, -0.2) is 62.3 Å². The molecule has 2 atom stereocenters. The van der Waals surface area contributed by atoms with Crippen LogP contribution in [-0.2, 0) is 0 Å². The quantitative estimate of drug-likeness (QED) is 0.522. The van der Waals surface area contributed by atoms with Gasteiger partial charge in [0.05, 0.1) is 40.4 Å². The van der Waals surface area contributed by atoms with E-state index >= 15 is 0 Å². The zero-order valence-electron chi connectivity index (χ0n) is 18.9. The van der Waals surface area contributed by atoms with Crippen molar-refractivity contribution in [2.45, 2.75) is 46.1 Å². The molecule has 2 aromatic rings. The Labute approximate surface area is 193 Å². The summed E-state index contributed by atoms with van der Waals surface area (Å²) in [6.45, 7) is 7.77. The summed E-state index contributed by atoms with van der Waals surface area (Å²) in [5.74, 6) is 2.76. The molecule has 1 saturated carbocycles. The second-order valence-electron chi connectivity index (χ2n) is 8.40. The lowest BCUT2D eigenvalue weighted by Crippen LogP contribution is -2.22. The van der Waals surface area contributed by atoms with Gasteiger partial charge in [0.15, 0.2) is 0 Å². The molecule has 1 fully saturated rings. The minimum atomic E-state index is 0.237. The summed E-state index contributed by atoms with van der Waals surface area (Å²) in [5.41, 5.74) is 4.54. The molecule has 2 aromatic heterocycles. The summed E-state index contributed by atoms with van der Waals surface area (Å²) >= 11 is 1.78. The molecule has 1 aliphatic heterocycles. The average Bonchev–Trinajstić information content (AvgIpc) is 3.45. The number of hydrogen-bond donors (Lipinski definition) is 3. The predicted molar refractivity (Wildman–Crippen MR) is 133 cm³/mol. The highest BCUT2D eigenvalue weighted by molar-refractivity contribution is 8.14. The highest BCUT2D eigenvalue weighted by atomic mass is 32.2. The third-order valence-electron chi connectivity index (χ3n) is 5.94. The lowest BCUT2D eigenvalue weighted by Gasteiger charge is -2.19. The van der Waals surface area contributed by atoms with Gasteiger partial charge >= 0.3 is 0 Å². The number of hydrogen-bond acceptors (Lipinski definition) is 9. The van der Waals surface area contributed by atoms with Crippen LogP contribution in [0.1, 0.15) is 43.0 Å². The maximum Gasteiger partial charge on any atom is 0.225 e. The van der Waals surface area contributed by atoms with E-state index < -0.39 is 0 Å². The number of aliphatic hydroxyl groups excluding tert-OH is 1. The van der Waals surface area contributed by atoms with Crippen LogP contribution >= 0.6 is 11.8 Å². The zero-order chi connectivity index (χ0) is 22.5. The summed E-state index contributed by atoms with van der Waals surface area (Å²) in [6.07, 6.45) is 6.53. The second-order valence-corrected chi connectivity index (χ2v) is 9.56. The number of thioether (sulfide) groups is 1. The molecule has 170 valence electrons. The first kappa shape index (κ1) is 22.7. The number of aryl methyl sites for hydroxylation is 2. The van der Waals surface area contributed by atoms with Crippen LogP contribution < -0.4 is 10.6 Å². The molecule has 4 rings (SSSR count). The molecule has 3 N–H and O–H groups in total. The number of pyridine rings is 1. The predicted octanol–water partition coefficient (Wildman–Crippen LogP) is 3.76. The molecule has 32 heavy (non-hydrogen) atoms. The van der Waals surface area contributed by atoms with Crippen LogP contribution in [0.25, 0.3) is 0 Å². The van der Waals surface area contributed by atoms with Crippen LogP contribution in [0.15, 0.2) is 28.4 Å². The maximum absolute atomic E-state index is 9.54. The van der Waals surface area contributed by atoms with E-state index in [1.165, 1.54) is 0 Å². The van der Waals surface area contributed by atoms with Crippen molar-refractivity contribution in [1.29, 1.82) is 0 Å². The van der Waals surface area contributed by atoms with Gasteiger partial charge < -0.3 is 15.7 Å². The first-order chi connectivity index (χ1) is 15.5. The first-order valence-corrected chi connectivity index (χ1v) is 12.1. The average molecular weight is 454 g/mol. The molecule has 3 heterocycles. The van der Waals surface area contributed by atoms with E-state index in [0.29, 0.717) is 18.4 Å². The normalized spacial score (nSPS) is 21.0. The van der Waals surface area contributed by atoms with Gasteiger partial charge in [0.1, 0.15) is 5.82 Å². The SMILES string of the molecule is C/C(=N\c1cnccc1C)c1c(C)nc(NCC2=NCCS2)nc1N[C@H]1CC[C@@H](CO)C1. The monoisotopic (exact) mass is 453 g/mol. The molecule has 0 saturated heterocycles. The largest absolute Gasteiger partial charge is 0.396 e. The molecule has 1 aliphatic carbocycles. The Morgan fingerprint density at radius 2 is 2.16 bits per heavy atom. The van der Waals surface area contributed by atoms with Crippen molar-refractivity contribution in [2.24, 2.45) is 15.9 Å². The van der Waals surface area contributed by atoms with Crippen molar-refractivity contribution in [2.75, 3.05) is 36.1 Å². The number of anilines is 2. The van der Waals surface area contributed by atoms with Gasteiger partial charge in [-0.2, -0.15) is 4.98 Å². The molecule has 8 nitrogen and oxygen atoms in total. The fourth-order valence-electron chi connectivity index (χ4n) is 4.21. The third-order valence-corrected chi connectivity index (χ3v) is 6.93. The minimum Gasteiger partial charge on any atom is -0.396 e. The fourth-order valence-corrected chi connectivity index (χ4v) is 4.98. The molecule has 9 heteroatoms. The highest BCUT2D eigenvalue weighted by Gasteiger charge is 2.26. The number of rotatable bonds is 8. The van der Waals surface area contributed by atoms with E-state index in [2.05, 4.69) is 20.6 Å². The minimum absolute atomic E-state index is 0.237. The molecular weight excluding hydrogens is 422 g/mol. The van der Waals surface area contributed by atoms with Crippen molar-refractivity contribution in [3.8, 4) is 0 Å². The van der Waals surface area contributed by atoms with Crippen LogP contribution in [0.2, 0.25) is 0 Å². The second kappa shape index (κ2) is 10.4. The maximum atomic E-state index is 9.54. The Bertz CT molecular complexity index is 1020. The third kappa shape index (κ3) is 5.45. The van der Waals surface area contributed by atoms with Crippen LogP contribution in [0.3, 0.4) is 0 Å². The summed E-state index contributed by atoms with van der Waals surface area (Å²) < 4.78 is 0. The number of aromatic nitrogens is 3.